The van der Waals surface area contributed by atoms with Crippen molar-refractivity contribution in [2.24, 2.45) is 0 Å². The third-order valence-corrected chi connectivity index (χ3v) is 12.6. The second-order valence-corrected chi connectivity index (χ2v) is 17.1. The number of anilines is 6. The van der Waals surface area contributed by atoms with Crippen molar-refractivity contribution in [1.29, 1.82) is 10.5 Å². The zero-order valence-electron chi connectivity index (χ0n) is 35.9. The second kappa shape index (κ2) is 15.2. The van der Waals surface area contributed by atoms with Crippen LogP contribution in [0.2, 0.25) is 0 Å². The van der Waals surface area contributed by atoms with Crippen molar-refractivity contribution in [2.75, 3.05) is 9.80 Å². The Morgan fingerprint density at radius 1 is 0.406 bits per heavy atom. The smallest absolute Gasteiger partial charge is 0.158 e. The van der Waals surface area contributed by atoms with E-state index in [1.54, 1.807) is 0 Å². The maximum Gasteiger partial charge on any atom is 0.158 e. The van der Waals surface area contributed by atoms with Crippen molar-refractivity contribution in [2.45, 2.75) is 39.5 Å². The normalized spacial score (nSPS) is 11.7. The Hall–Kier alpha value is -8.32. The number of hydrogen-bond acceptors (Lipinski definition) is 6. The molecule has 2 aromatic heterocycles. The van der Waals surface area contributed by atoms with Gasteiger partial charge in [-0.1, -0.05) is 113 Å². The number of benzene rings is 9. The first-order valence-electron chi connectivity index (χ1n) is 21.8. The van der Waals surface area contributed by atoms with Gasteiger partial charge in [0.1, 0.15) is 28.9 Å². The van der Waals surface area contributed by atoms with Gasteiger partial charge in [0.25, 0.3) is 0 Å². The molecule has 0 saturated carbocycles. The van der Waals surface area contributed by atoms with E-state index in [-0.39, 0.29) is 5.56 Å². The summed E-state index contributed by atoms with van der Waals surface area (Å²) in [6.07, 6.45) is 0. The highest BCUT2D eigenvalue weighted by molar-refractivity contribution is 6.24. The van der Waals surface area contributed by atoms with Crippen LogP contribution in [0.5, 0.6) is 0 Å². The van der Waals surface area contributed by atoms with Crippen molar-refractivity contribution in [3.63, 3.8) is 0 Å². The number of hydrogen-bond donors (Lipinski definition) is 0. The molecule has 0 saturated heterocycles. The van der Waals surface area contributed by atoms with Gasteiger partial charge in [0.05, 0.1) is 5.56 Å². The monoisotopic (exact) mass is 826 g/mol. The van der Waals surface area contributed by atoms with Crippen LogP contribution < -0.4 is 9.80 Å². The number of furan rings is 2. The van der Waals surface area contributed by atoms with Crippen LogP contribution in [0.3, 0.4) is 0 Å². The number of rotatable bonds is 8. The van der Waals surface area contributed by atoms with Gasteiger partial charge in [-0.15, -0.1) is 0 Å². The van der Waals surface area contributed by atoms with Gasteiger partial charge in [0, 0.05) is 55.7 Å². The fraction of sp³-hybridized carbons (Fsp3) is 0.103. The van der Waals surface area contributed by atoms with E-state index in [9.17, 15) is 10.5 Å². The number of para-hydroxylation sites is 4. The molecule has 2 heterocycles. The Bertz CT molecular complexity index is 3490. The molecule has 11 aromatic rings. The molecular weight excluding hydrogens is 785 g/mol. The van der Waals surface area contributed by atoms with E-state index in [1.165, 1.54) is 11.1 Å². The average molecular weight is 827 g/mol. The molecule has 0 aliphatic carbocycles. The highest BCUT2D eigenvalue weighted by atomic mass is 16.3. The molecule has 306 valence electrons. The minimum absolute atomic E-state index is 0.270. The van der Waals surface area contributed by atoms with Crippen LogP contribution in [-0.2, 0) is 0 Å². The third kappa shape index (κ3) is 6.15. The zero-order valence-corrected chi connectivity index (χ0v) is 35.9. The lowest BCUT2D eigenvalue weighted by Gasteiger charge is -2.29. The third-order valence-electron chi connectivity index (χ3n) is 12.6. The molecule has 0 aliphatic heterocycles. The van der Waals surface area contributed by atoms with E-state index in [1.807, 2.05) is 24.3 Å². The fourth-order valence-corrected chi connectivity index (χ4v) is 9.59. The predicted octanol–water partition coefficient (Wildman–Crippen LogP) is 16.7. The Kier molecular flexibility index (Phi) is 9.19. The van der Waals surface area contributed by atoms with Crippen molar-refractivity contribution >= 4 is 99.5 Å². The number of nitrogens with zero attached hydrogens (tertiary/aromatic N) is 4. The molecule has 6 heteroatoms. The molecule has 0 unspecified atom stereocenters. The minimum atomic E-state index is 0.270. The first kappa shape index (κ1) is 38.6. The largest absolute Gasteiger partial charge is 0.454 e. The lowest BCUT2D eigenvalue weighted by Crippen LogP contribution is -2.12. The van der Waals surface area contributed by atoms with Crippen LogP contribution >= 0.6 is 0 Å². The fourth-order valence-electron chi connectivity index (χ4n) is 9.59. The topological polar surface area (TPSA) is 80.3 Å². The molecule has 0 atom stereocenters. The molecule has 0 spiro atoms. The number of nitriles is 2. The zero-order chi connectivity index (χ0) is 43.6. The van der Waals surface area contributed by atoms with Crippen molar-refractivity contribution in [1.82, 2.24) is 0 Å². The van der Waals surface area contributed by atoms with Crippen molar-refractivity contribution in [3.05, 3.63) is 192 Å². The molecule has 0 fully saturated rings. The quantitative estimate of drug-likeness (QED) is 0.152. The van der Waals surface area contributed by atoms with Crippen LogP contribution in [0.1, 0.15) is 61.8 Å². The van der Waals surface area contributed by atoms with Crippen LogP contribution in [0, 0.1) is 22.7 Å². The molecule has 0 amide bonds. The second-order valence-electron chi connectivity index (χ2n) is 17.1. The van der Waals surface area contributed by atoms with Crippen molar-refractivity contribution in [3.8, 4) is 12.1 Å². The van der Waals surface area contributed by atoms with E-state index < -0.39 is 0 Å². The van der Waals surface area contributed by atoms with Gasteiger partial charge in [0.15, 0.2) is 11.2 Å². The maximum absolute atomic E-state index is 11.0. The van der Waals surface area contributed by atoms with Gasteiger partial charge in [-0.25, -0.2) is 0 Å². The SMILES string of the molecule is CC(C)c1ccccc1N(c1ccccc1)c1ccc2cc3c(cc2c1)oc1c(C#N)c2oc4cc5cc(N(c6ccccc6)c6ccccc6C(C)C)ccc5cc4c2c(C#N)c13. The van der Waals surface area contributed by atoms with Crippen LogP contribution in [-0.4, -0.2) is 0 Å². The molecule has 0 N–H and O–H groups in total. The summed E-state index contributed by atoms with van der Waals surface area (Å²) in [5.74, 6) is 0.639. The molecule has 6 nitrogen and oxygen atoms in total. The Morgan fingerprint density at radius 2 is 0.812 bits per heavy atom. The van der Waals surface area contributed by atoms with Gasteiger partial charge in [0.2, 0.25) is 0 Å². The summed E-state index contributed by atoms with van der Waals surface area (Å²) in [7, 11) is 0. The Balaban J connectivity index is 1.08. The van der Waals surface area contributed by atoms with E-state index in [4.69, 9.17) is 8.83 Å². The Labute approximate surface area is 371 Å². The van der Waals surface area contributed by atoms with Gasteiger partial charge < -0.3 is 18.6 Å². The summed E-state index contributed by atoms with van der Waals surface area (Å²) in [6, 6.07) is 64.0. The molecule has 0 radical (unpaired) electrons. The molecule has 64 heavy (non-hydrogen) atoms. The number of fused-ring (bicyclic) bond motifs is 8. The molecular formula is C58H42N4O2. The van der Waals surface area contributed by atoms with Crippen LogP contribution in [0.25, 0.3) is 65.4 Å². The van der Waals surface area contributed by atoms with E-state index >= 15 is 0 Å². The average Bonchev–Trinajstić information content (AvgIpc) is 3.88. The Morgan fingerprint density at radius 3 is 1.22 bits per heavy atom. The highest BCUT2D eigenvalue weighted by Gasteiger charge is 2.27. The predicted molar refractivity (Wildman–Crippen MR) is 263 cm³/mol. The van der Waals surface area contributed by atoms with E-state index in [2.05, 4.69) is 195 Å². The molecule has 11 rings (SSSR count). The minimum Gasteiger partial charge on any atom is -0.454 e. The summed E-state index contributed by atoms with van der Waals surface area (Å²) >= 11 is 0. The summed E-state index contributed by atoms with van der Waals surface area (Å²) in [5.41, 5.74) is 11.5. The lowest BCUT2D eigenvalue weighted by atomic mass is 9.95. The first-order valence-corrected chi connectivity index (χ1v) is 21.8. The van der Waals surface area contributed by atoms with E-state index in [0.717, 1.165) is 66.4 Å². The van der Waals surface area contributed by atoms with Gasteiger partial charge in [-0.05, 0) is 129 Å². The molecule has 0 aliphatic rings. The first-order chi connectivity index (χ1) is 31.3. The summed E-state index contributed by atoms with van der Waals surface area (Å²) in [4.78, 5) is 4.60. The standard InChI is InChI=1S/C58H42N4O2/c1-35(2)45-19-11-13-21-51(45)61(41-15-7-5-8-16-41)43-25-23-37-29-47-53(31-39(37)27-43)63-57-50(34-60)58-56(49(33-59)55(47)57)48-30-38-24-26-44(28-40(38)32-54(48)64-58)62(42-17-9-6-10-18-42)52-22-14-12-20-46(52)36(3)4/h5-32,35-36H,1-4H3. The lowest BCUT2D eigenvalue weighted by molar-refractivity contribution is 0.654. The summed E-state index contributed by atoms with van der Waals surface area (Å²) in [6.45, 7) is 8.88. The van der Waals surface area contributed by atoms with Gasteiger partial charge in [-0.2, -0.15) is 10.5 Å². The molecule has 0 bridgehead atoms. The summed E-state index contributed by atoms with van der Waals surface area (Å²) in [5, 5.41) is 28.5. The van der Waals surface area contributed by atoms with Crippen LogP contribution in [0.15, 0.2) is 179 Å². The maximum atomic E-state index is 11.0. The highest BCUT2D eigenvalue weighted by Crippen LogP contribution is 2.47. The van der Waals surface area contributed by atoms with Gasteiger partial charge >= 0.3 is 0 Å². The van der Waals surface area contributed by atoms with Crippen LogP contribution in [0.4, 0.5) is 34.1 Å². The molecule has 9 aromatic carbocycles. The van der Waals surface area contributed by atoms with Crippen molar-refractivity contribution < 1.29 is 8.83 Å². The summed E-state index contributed by atoms with van der Waals surface area (Å²) < 4.78 is 13.3. The van der Waals surface area contributed by atoms with Gasteiger partial charge in [-0.3, -0.25) is 0 Å². The van der Waals surface area contributed by atoms with E-state index in [0.29, 0.717) is 50.5 Å².